The van der Waals surface area contributed by atoms with Crippen molar-refractivity contribution in [3.63, 3.8) is 0 Å². The molecule has 0 amide bonds. The van der Waals surface area contributed by atoms with Crippen molar-refractivity contribution in [2.75, 3.05) is 17.6 Å². The van der Waals surface area contributed by atoms with Crippen LogP contribution in [0.5, 0.6) is 0 Å². The summed E-state index contributed by atoms with van der Waals surface area (Å²) in [4.78, 5) is 10.9. The molecule has 1 unspecified atom stereocenters. The molecule has 1 fully saturated rings. The van der Waals surface area contributed by atoms with E-state index >= 15 is 0 Å². The fourth-order valence-corrected chi connectivity index (χ4v) is 3.76. The zero-order chi connectivity index (χ0) is 14.5. The number of hydrogen-bond acceptors (Lipinski definition) is 5. The number of nitro groups is 1. The molecule has 1 aliphatic rings. The first-order valence-electron chi connectivity index (χ1n) is 7.20. The van der Waals surface area contributed by atoms with Gasteiger partial charge in [0, 0.05) is 18.3 Å². The standard InChI is InChI=1S/C13H22N4O2S/c1-3-7-16-13(12(17(18)19)10(2)15-16)14-9-11-6-4-5-8-20-11/h11,14H,3-9H2,1-2H3. The Morgan fingerprint density at radius 2 is 2.35 bits per heavy atom. The van der Waals surface area contributed by atoms with E-state index in [1.807, 2.05) is 18.7 Å². The molecule has 1 aromatic heterocycles. The average molecular weight is 298 g/mol. The van der Waals surface area contributed by atoms with E-state index in [0.717, 1.165) is 13.0 Å². The quantitative estimate of drug-likeness (QED) is 0.645. The van der Waals surface area contributed by atoms with Gasteiger partial charge in [-0.1, -0.05) is 13.3 Å². The van der Waals surface area contributed by atoms with Gasteiger partial charge in [0.2, 0.25) is 5.82 Å². The van der Waals surface area contributed by atoms with Crippen molar-refractivity contribution in [1.29, 1.82) is 0 Å². The zero-order valence-electron chi connectivity index (χ0n) is 12.1. The summed E-state index contributed by atoms with van der Waals surface area (Å²) < 4.78 is 1.74. The predicted octanol–water partition coefficient (Wildman–Crippen LogP) is 3.21. The fourth-order valence-electron chi connectivity index (χ4n) is 2.52. The van der Waals surface area contributed by atoms with Gasteiger partial charge in [-0.05, 0) is 31.9 Å². The Morgan fingerprint density at radius 1 is 1.55 bits per heavy atom. The van der Waals surface area contributed by atoms with Gasteiger partial charge in [0.05, 0.1) is 4.92 Å². The third-order valence-corrected chi connectivity index (χ3v) is 4.88. The average Bonchev–Trinajstić information content (AvgIpc) is 2.74. The topological polar surface area (TPSA) is 73.0 Å². The minimum atomic E-state index is -0.329. The Morgan fingerprint density at radius 3 is 2.95 bits per heavy atom. The molecule has 7 heteroatoms. The number of anilines is 1. The molecular formula is C13H22N4O2S. The fraction of sp³-hybridized carbons (Fsp3) is 0.769. The summed E-state index contributed by atoms with van der Waals surface area (Å²) in [5.41, 5.74) is 0.613. The van der Waals surface area contributed by atoms with Crippen LogP contribution in [0.2, 0.25) is 0 Å². The highest BCUT2D eigenvalue weighted by molar-refractivity contribution is 7.99. The highest BCUT2D eigenvalue weighted by atomic mass is 32.2. The van der Waals surface area contributed by atoms with Crippen molar-refractivity contribution in [2.45, 2.75) is 51.3 Å². The van der Waals surface area contributed by atoms with Gasteiger partial charge in [-0.2, -0.15) is 16.9 Å². The lowest BCUT2D eigenvalue weighted by Gasteiger charge is -2.21. The second-order valence-electron chi connectivity index (χ2n) is 5.13. The normalized spacial score (nSPS) is 19.0. The van der Waals surface area contributed by atoms with Gasteiger partial charge in [0.1, 0.15) is 5.69 Å². The summed E-state index contributed by atoms with van der Waals surface area (Å²) in [6.45, 7) is 5.23. The number of aryl methyl sites for hydroxylation is 2. The minimum absolute atomic E-state index is 0.124. The lowest BCUT2D eigenvalue weighted by molar-refractivity contribution is -0.384. The molecule has 1 saturated heterocycles. The van der Waals surface area contributed by atoms with Gasteiger partial charge in [0.25, 0.3) is 0 Å². The molecular weight excluding hydrogens is 276 g/mol. The van der Waals surface area contributed by atoms with Crippen LogP contribution in [0, 0.1) is 17.0 Å². The number of thioether (sulfide) groups is 1. The summed E-state index contributed by atoms with van der Waals surface area (Å²) in [5, 5.41) is 19.3. The van der Waals surface area contributed by atoms with E-state index in [0.29, 0.717) is 23.3 Å². The van der Waals surface area contributed by atoms with Crippen LogP contribution < -0.4 is 5.32 Å². The Hall–Kier alpha value is -1.24. The van der Waals surface area contributed by atoms with Crippen LogP contribution in [-0.4, -0.2) is 32.3 Å². The molecule has 0 saturated carbocycles. The molecule has 6 nitrogen and oxygen atoms in total. The van der Waals surface area contributed by atoms with Crippen LogP contribution in [0.1, 0.15) is 38.3 Å². The molecule has 2 rings (SSSR count). The largest absolute Gasteiger partial charge is 0.363 e. The van der Waals surface area contributed by atoms with Crippen molar-refractivity contribution in [1.82, 2.24) is 9.78 Å². The second-order valence-corrected chi connectivity index (χ2v) is 6.54. The summed E-state index contributed by atoms with van der Waals surface area (Å²) in [6.07, 6.45) is 4.64. The first kappa shape index (κ1) is 15.2. The van der Waals surface area contributed by atoms with E-state index in [2.05, 4.69) is 10.4 Å². The van der Waals surface area contributed by atoms with Crippen LogP contribution in [0.4, 0.5) is 11.5 Å². The van der Waals surface area contributed by atoms with Gasteiger partial charge in [-0.25, -0.2) is 4.68 Å². The number of aromatic nitrogens is 2. The lowest BCUT2D eigenvalue weighted by atomic mass is 10.2. The first-order chi connectivity index (χ1) is 9.63. The Bertz CT molecular complexity index is 469. The first-order valence-corrected chi connectivity index (χ1v) is 8.25. The van der Waals surface area contributed by atoms with Crippen LogP contribution in [0.3, 0.4) is 0 Å². The molecule has 1 aromatic rings. The molecule has 20 heavy (non-hydrogen) atoms. The number of nitrogens with zero attached hydrogens (tertiary/aromatic N) is 3. The summed E-state index contributed by atoms with van der Waals surface area (Å²) in [5.74, 6) is 1.77. The summed E-state index contributed by atoms with van der Waals surface area (Å²) >= 11 is 1.96. The van der Waals surface area contributed by atoms with Crippen LogP contribution in [-0.2, 0) is 6.54 Å². The molecule has 1 atom stereocenters. The van der Waals surface area contributed by atoms with Crippen molar-refractivity contribution < 1.29 is 4.92 Å². The molecule has 1 N–H and O–H groups in total. The van der Waals surface area contributed by atoms with Gasteiger partial charge >= 0.3 is 5.69 Å². The Labute approximate surface area is 123 Å². The third kappa shape index (κ3) is 3.45. The summed E-state index contributed by atoms with van der Waals surface area (Å²) in [7, 11) is 0. The van der Waals surface area contributed by atoms with Gasteiger partial charge in [0.15, 0.2) is 0 Å². The van der Waals surface area contributed by atoms with Crippen LogP contribution >= 0.6 is 11.8 Å². The zero-order valence-corrected chi connectivity index (χ0v) is 12.9. The number of hydrogen-bond donors (Lipinski definition) is 1. The molecule has 0 spiro atoms. The maximum Gasteiger partial charge on any atom is 0.333 e. The van der Waals surface area contributed by atoms with Gasteiger partial charge in [-0.3, -0.25) is 10.1 Å². The monoisotopic (exact) mass is 298 g/mol. The van der Waals surface area contributed by atoms with E-state index in [1.54, 1.807) is 11.6 Å². The van der Waals surface area contributed by atoms with E-state index in [4.69, 9.17) is 0 Å². The molecule has 0 aliphatic carbocycles. The van der Waals surface area contributed by atoms with Crippen LogP contribution in [0.15, 0.2) is 0 Å². The maximum atomic E-state index is 11.2. The highest BCUT2D eigenvalue weighted by Crippen LogP contribution is 2.30. The van der Waals surface area contributed by atoms with Gasteiger partial charge < -0.3 is 5.32 Å². The number of rotatable bonds is 6. The summed E-state index contributed by atoms with van der Waals surface area (Å²) in [6, 6.07) is 0. The van der Waals surface area contributed by atoms with Crippen LogP contribution in [0.25, 0.3) is 0 Å². The van der Waals surface area contributed by atoms with Crippen molar-refractivity contribution in [3.8, 4) is 0 Å². The lowest BCUT2D eigenvalue weighted by Crippen LogP contribution is -2.22. The van der Waals surface area contributed by atoms with Crippen molar-refractivity contribution >= 4 is 23.3 Å². The predicted molar refractivity (Wildman–Crippen MR) is 82.5 cm³/mol. The molecule has 0 radical (unpaired) electrons. The van der Waals surface area contributed by atoms with Gasteiger partial charge in [-0.15, -0.1) is 0 Å². The second kappa shape index (κ2) is 6.97. The van der Waals surface area contributed by atoms with E-state index in [-0.39, 0.29) is 10.6 Å². The van der Waals surface area contributed by atoms with Crippen molar-refractivity contribution in [3.05, 3.63) is 15.8 Å². The Kier molecular flexibility index (Phi) is 5.28. The maximum absolute atomic E-state index is 11.2. The van der Waals surface area contributed by atoms with E-state index in [1.165, 1.54) is 25.0 Å². The smallest absolute Gasteiger partial charge is 0.333 e. The van der Waals surface area contributed by atoms with Crippen molar-refractivity contribution in [2.24, 2.45) is 0 Å². The third-order valence-electron chi connectivity index (χ3n) is 3.48. The number of nitrogens with one attached hydrogen (secondary N) is 1. The highest BCUT2D eigenvalue weighted by Gasteiger charge is 2.25. The molecule has 2 heterocycles. The van der Waals surface area contributed by atoms with E-state index < -0.39 is 0 Å². The minimum Gasteiger partial charge on any atom is -0.363 e. The SMILES string of the molecule is CCCn1nc(C)c([N+](=O)[O-])c1NCC1CCCCS1. The molecule has 112 valence electrons. The van der Waals surface area contributed by atoms with E-state index in [9.17, 15) is 10.1 Å². The Balaban J connectivity index is 2.12. The molecule has 0 bridgehead atoms. The molecule has 1 aliphatic heterocycles. The molecule has 0 aromatic carbocycles.